The van der Waals surface area contributed by atoms with Crippen molar-refractivity contribution < 1.29 is 0 Å². The van der Waals surface area contributed by atoms with E-state index >= 15 is 0 Å². The summed E-state index contributed by atoms with van der Waals surface area (Å²) in [6.45, 7) is 12.7. The molecule has 21 heavy (non-hydrogen) atoms. The normalized spacial score (nSPS) is 13.1. The van der Waals surface area contributed by atoms with Gasteiger partial charge in [-0.2, -0.15) is 0 Å². The van der Waals surface area contributed by atoms with E-state index in [1.807, 2.05) is 0 Å². The van der Waals surface area contributed by atoms with Crippen LogP contribution in [0.1, 0.15) is 41.5 Å². The van der Waals surface area contributed by atoms with E-state index in [1.165, 1.54) is 11.9 Å². The molecule has 0 amide bonds. The van der Waals surface area contributed by atoms with Crippen molar-refractivity contribution in [3.63, 3.8) is 0 Å². The van der Waals surface area contributed by atoms with Crippen LogP contribution in [0, 0.1) is 0 Å². The molecule has 1 aromatic carbocycles. The van der Waals surface area contributed by atoms with Gasteiger partial charge in [0, 0.05) is 11.1 Å². The molecule has 0 heterocycles. The van der Waals surface area contributed by atoms with Crippen LogP contribution >= 0.6 is 70.0 Å². The Balaban J connectivity index is 3.42. The fraction of sp³-hybridized carbons (Fsp3) is 0.571. The van der Waals surface area contributed by atoms with E-state index in [4.69, 9.17) is 58.0 Å². The predicted molar refractivity (Wildman–Crippen MR) is 98.7 cm³/mol. The van der Waals surface area contributed by atoms with Gasteiger partial charge >= 0.3 is 0 Å². The third-order valence-corrected chi connectivity index (χ3v) is 6.94. The standard InChI is InChI=1S/C14H18Cl5NS/c1-13(2,3)20(14(4,5)6)21-12-10(18)8(16)7(15)9(17)11(12)19/h1-6H3. The second-order valence-electron chi connectivity index (χ2n) is 6.63. The second-order valence-corrected chi connectivity index (χ2v) is 9.47. The number of nitrogens with zero attached hydrogens (tertiary/aromatic N) is 1. The van der Waals surface area contributed by atoms with Crippen LogP contribution in [0.5, 0.6) is 0 Å². The van der Waals surface area contributed by atoms with Crippen LogP contribution in [0.15, 0.2) is 4.90 Å². The Morgan fingerprint density at radius 1 is 0.619 bits per heavy atom. The van der Waals surface area contributed by atoms with Crippen LogP contribution in [0.2, 0.25) is 25.1 Å². The van der Waals surface area contributed by atoms with Crippen LogP contribution in [-0.4, -0.2) is 15.4 Å². The average Bonchev–Trinajstić information content (AvgIpc) is 2.30. The summed E-state index contributed by atoms with van der Waals surface area (Å²) >= 11 is 32.3. The lowest BCUT2D eigenvalue weighted by atomic mass is 10.0. The molecule has 7 heteroatoms. The lowest BCUT2D eigenvalue weighted by Gasteiger charge is -2.44. The second kappa shape index (κ2) is 6.84. The van der Waals surface area contributed by atoms with Gasteiger partial charge in [-0.25, -0.2) is 4.31 Å². The Labute approximate surface area is 156 Å². The fourth-order valence-electron chi connectivity index (χ4n) is 2.04. The van der Waals surface area contributed by atoms with Gasteiger partial charge in [0.2, 0.25) is 0 Å². The number of benzene rings is 1. The molecular formula is C14H18Cl5NS. The molecule has 0 atom stereocenters. The topological polar surface area (TPSA) is 3.24 Å². The number of rotatable bonds is 2. The zero-order chi connectivity index (χ0) is 16.7. The Kier molecular flexibility index (Phi) is 6.53. The molecule has 0 saturated heterocycles. The number of hydrogen-bond acceptors (Lipinski definition) is 2. The molecule has 0 unspecified atom stereocenters. The van der Waals surface area contributed by atoms with Crippen LogP contribution in [0.3, 0.4) is 0 Å². The molecular weight excluding hydrogens is 391 g/mol. The highest BCUT2D eigenvalue weighted by Gasteiger charge is 2.34. The number of halogens is 5. The van der Waals surface area contributed by atoms with Gasteiger partial charge in [0.15, 0.2) is 0 Å². The maximum Gasteiger partial charge on any atom is 0.0809 e. The Morgan fingerprint density at radius 3 is 1.19 bits per heavy atom. The molecule has 0 aromatic heterocycles. The molecule has 1 rings (SSSR count). The predicted octanol–water partition coefficient (Wildman–Crippen LogP) is 7.86. The van der Waals surface area contributed by atoms with Gasteiger partial charge in [-0.05, 0) is 53.5 Å². The lowest BCUT2D eigenvalue weighted by Crippen LogP contribution is -2.47. The molecule has 0 saturated carbocycles. The van der Waals surface area contributed by atoms with Crippen molar-refractivity contribution in [3.05, 3.63) is 25.1 Å². The van der Waals surface area contributed by atoms with Crippen molar-refractivity contribution >= 4 is 70.0 Å². The fourth-order valence-corrected chi connectivity index (χ4v) is 4.59. The molecule has 0 fully saturated rings. The molecule has 0 spiro atoms. The maximum atomic E-state index is 6.31. The summed E-state index contributed by atoms with van der Waals surface area (Å²) in [5, 5.41) is 1.26. The van der Waals surface area contributed by atoms with Gasteiger partial charge in [-0.1, -0.05) is 58.0 Å². The first-order chi connectivity index (χ1) is 9.28. The summed E-state index contributed by atoms with van der Waals surface area (Å²) in [4.78, 5) is 0.614. The SMILES string of the molecule is CC(C)(C)N(Sc1c(Cl)c(Cl)c(Cl)c(Cl)c1Cl)C(C)(C)C. The molecule has 0 aliphatic carbocycles. The minimum atomic E-state index is -0.117. The van der Waals surface area contributed by atoms with E-state index in [0.29, 0.717) is 14.9 Å². The summed E-state index contributed by atoms with van der Waals surface area (Å²) < 4.78 is 2.20. The van der Waals surface area contributed by atoms with Crippen molar-refractivity contribution in [1.82, 2.24) is 4.31 Å². The van der Waals surface area contributed by atoms with Gasteiger partial charge in [-0.15, -0.1) is 0 Å². The third kappa shape index (κ3) is 4.50. The minimum absolute atomic E-state index is 0.117. The molecule has 1 nitrogen and oxygen atoms in total. The monoisotopic (exact) mass is 407 g/mol. The average molecular weight is 410 g/mol. The molecule has 120 valence electrons. The highest BCUT2D eigenvalue weighted by molar-refractivity contribution is 7.97. The maximum absolute atomic E-state index is 6.31. The Morgan fingerprint density at radius 2 is 0.905 bits per heavy atom. The highest BCUT2D eigenvalue weighted by Crippen LogP contribution is 2.50. The van der Waals surface area contributed by atoms with Gasteiger partial charge in [0.05, 0.1) is 30.0 Å². The number of hydrogen-bond donors (Lipinski definition) is 0. The van der Waals surface area contributed by atoms with E-state index in [1.54, 1.807) is 0 Å². The smallest absolute Gasteiger partial charge is 0.0809 e. The Hall–Kier alpha value is 0.980. The first-order valence-corrected chi connectivity index (χ1v) is 8.94. The van der Waals surface area contributed by atoms with Gasteiger partial charge in [-0.3, -0.25) is 0 Å². The highest BCUT2D eigenvalue weighted by atomic mass is 35.5. The molecule has 0 radical (unpaired) electrons. The van der Waals surface area contributed by atoms with E-state index in [2.05, 4.69) is 45.8 Å². The summed E-state index contributed by atoms with van der Waals surface area (Å²) in [5.41, 5.74) is -0.234. The third-order valence-electron chi connectivity index (χ3n) is 2.57. The van der Waals surface area contributed by atoms with E-state index in [-0.39, 0.29) is 26.1 Å². The first kappa shape index (κ1) is 20.0. The van der Waals surface area contributed by atoms with Crippen LogP contribution in [0.25, 0.3) is 0 Å². The summed E-state index contributed by atoms with van der Waals surface area (Å²) in [5.74, 6) is 0. The zero-order valence-corrected chi connectivity index (χ0v) is 17.3. The van der Waals surface area contributed by atoms with Gasteiger partial charge in [0.1, 0.15) is 0 Å². The van der Waals surface area contributed by atoms with Crippen LogP contribution in [-0.2, 0) is 0 Å². The largest absolute Gasteiger partial charge is 0.236 e. The van der Waals surface area contributed by atoms with E-state index in [0.717, 1.165) is 0 Å². The lowest BCUT2D eigenvalue weighted by molar-refractivity contribution is 0.157. The summed E-state index contributed by atoms with van der Waals surface area (Å²) in [7, 11) is 0. The van der Waals surface area contributed by atoms with Gasteiger partial charge in [0.25, 0.3) is 0 Å². The first-order valence-electron chi connectivity index (χ1n) is 6.28. The summed E-state index contributed by atoms with van der Waals surface area (Å²) in [6.07, 6.45) is 0. The molecule has 0 bridgehead atoms. The molecule has 0 N–H and O–H groups in total. The van der Waals surface area contributed by atoms with E-state index in [9.17, 15) is 0 Å². The van der Waals surface area contributed by atoms with Gasteiger partial charge < -0.3 is 0 Å². The quantitative estimate of drug-likeness (QED) is 0.278. The van der Waals surface area contributed by atoms with Crippen LogP contribution in [0.4, 0.5) is 0 Å². The minimum Gasteiger partial charge on any atom is -0.236 e. The van der Waals surface area contributed by atoms with Crippen molar-refractivity contribution in [1.29, 1.82) is 0 Å². The summed E-state index contributed by atoms with van der Waals surface area (Å²) in [6, 6.07) is 0. The molecule has 1 aromatic rings. The Bertz CT molecular complexity index is 503. The van der Waals surface area contributed by atoms with Crippen molar-refractivity contribution in [3.8, 4) is 0 Å². The zero-order valence-electron chi connectivity index (χ0n) is 12.7. The van der Waals surface area contributed by atoms with Crippen molar-refractivity contribution in [2.45, 2.75) is 57.5 Å². The van der Waals surface area contributed by atoms with Crippen LogP contribution < -0.4 is 0 Å². The van der Waals surface area contributed by atoms with Crippen molar-refractivity contribution in [2.24, 2.45) is 0 Å². The van der Waals surface area contributed by atoms with E-state index < -0.39 is 0 Å². The molecule has 0 aliphatic heterocycles. The molecule has 0 aliphatic rings. The van der Waals surface area contributed by atoms with Crippen molar-refractivity contribution in [2.75, 3.05) is 0 Å².